The summed E-state index contributed by atoms with van der Waals surface area (Å²) in [6.07, 6.45) is 0.714. The van der Waals surface area contributed by atoms with E-state index in [0.29, 0.717) is 38.4 Å². The summed E-state index contributed by atoms with van der Waals surface area (Å²) in [6.45, 7) is 2.28. The second kappa shape index (κ2) is 4.83. The molecule has 4 N–H and O–H groups in total. The van der Waals surface area contributed by atoms with E-state index in [0.717, 1.165) is 0 Å². The third-order valence-corrected chi connectivity index (χ3v) is 3.80. The molecule has 0 saturated carbocycles. The second-order valence-corrected chi connectivity index (χ2v) is 4.93. The van der Waals surface area contributed by atoms with Gasteiger partial charge in [-0.05, 0) is 6.42 Å². The number of carbonyl (C=O) groups is 2. The maximum atomic E-state index is 12.0. The van der Waals surface area contributed by atoms with Crippen molar-refractivity contribution in [2.24, 2.45) is 5.73 Å². The van der Waals surface area contributed by atoms with Gasteiger partial charge in [0.2, 0.25) is 11.8 Å². The molecule has 1 unspecified atom stereocenters. The number of carbonyl (C=O) groups excluding carboxylic acids is 2. The summed E-state index contributed by atoms with van der Waals surface area (Å²) in [5.41, 5.74) is 5.07. The van der Waals surface area contributed by atoms with Crippen molar-refractivity contribution in [3.05, 3.63) is 0 Å². The Morgan fingerprint density at radius 3 is 2.94 bits per heavy atom. The third kappa shape index (κ3) is 2.27. The van der Waals surface area contributed by atoms with E-state index in [1.807, 2.05) is 0 Å². The van der Waals surface area contributed by atoms with Crippen molar-refractivity contribution in [2.45, 2.75) is 18.0 Å². The van der Waals surface area contributed by atoms with Crippen LogP contribution in [0.5, 0.6) is 0 Å². The maximum Gasteiger partial charge on any atom is 0.242 e. The molecule has 0 aromatic rings. The van der Waals surface area contributed by atoms with E-state index < -0.39 is 11.6 Å². The number of hydrogen-bond acceptors (Lipinski definition) is 5. The molecule has 0 aliphatic carbocycles. The highest BCUT2D eigenvalue weighted by Crippen LogP contribution is 2.21. The van der Waals surface area contributed by atoms with Crippen molar-refractivity contribution in [3.8, 4) is 0 Å². The Bertz CT molecular complexity index is 338. The molecule has 2 heterocycles. The highest BCUT2D eigenvalue weighted by molar-refractivity contribution is 7.80. The van der Waals surface area contributed by atoms with E-state index in [2.05, 4.69) is 23.3 Å². The summed E-state index contributed by atoms with van der Waals surface area (Å²) in [7, 11) is 0. The summed E-state index contributed by atoms with van der Waals surface area (Å²) in [6, 6.07) is -0.585. The fraction of sp³-hybridized carbons (Fsp3) is 0.800. The molecule has 0 aromatic heterocycles. The molecule has 2 aliphatic rings. The topological polar surface area (TPSA) is 87.5 Å². The Labute approximate surface area is 106 Å². The van der Waals surface area contributed by atoms with Crippen LogP contribution in [0.1, 0.15) is 6.42 Å². The zero-order valence-corrected chi connectivity index (χ0v) is 10.5. The van der Waals surface area contributed by atoms with E-state index >= 15 is 0 Å². The zero-order chi connectivity index (χ0) is 12.5. The Morgan fingerprint density at radius 1 is 1.59 bits per heavy atom. The Balaban J connectivity index is 2.07. The van der Waals surface area contributed by atoms with Gasteiger partial charge in [-0.15, -0.1) is 0 Å². The molecule has 2 fully saturated rings. The molecule has 2 amide bonds. The van der Waals surface area contributed by atoms with Crippen LogP contribution < -0.4 is 16.4 Å². The molecule has 2 saturated heterocycles. The second-order valence-electron chi connectivity index (χ2n) is 4.56. The first-order valence-corrected chi connectivity index (χ1v) is 6.41. The van der Waals surface area contributed by atoms with Gasteiger partial charge in [0.25, 0.3) is 0 Å². The SMILES string of the molecule is N[C@@H](CS)C(=O)N1CCNC2(CCNC2=O)C1. The number of hydrogen-bond donors (Lipinski definition) is 4. The van der Waals surface area contributed by atoms with E-state index in [4.69, 9.17) is 5.73 Å². The average Bonchev–Trinajstić information content (AvgIpc) is 2.69. The molecule has 0 bridgehead atoms. The molecular weight excluding hydrogens is 240 g/mol. The van der Waals surface area contributed by atoms with E-state index in [1.54, 1.807) is 4.90 Å². The number of rotatable bonds is 2. The van der Waals surface area contributed by atoms with E-state index in [-0.39, 0.29) is 11.8 Å². The Kier molecular flexibility index (Phi) is 3.60. The van der Waals surface area contributed by atoms with Gasteiger partial charge < -0.3 is 21.3 Å². The van der Waals surface area contributed by atoms with Crippen molar-refractivity contribution in [3.63, 3.8) is 0 Å². The van der Waals surface area contributed by atoms with Crippen LogP contribution in [0.3, 0.4) is 0 Å². The molecule has 2 aliphatic heterocycles. The van der Waals surface area contributed by atoms with Crippen LogP contribution >= 0.6 is 12.6 Å². The van der Waals surface area contributed by atoms with Gasteiger partial charge in [-0.1, -0.05) is 0 Å². The van der Waals surface area contributed by atoms with Gasteiger partial charge in [0.1, 0.15) is 5.54 Å². The van der Waals surface area contributed by atoms with Crippen LogP contribution in [0, 0.1) is 0 Å². The first-order chi connectivity index (χ1) is 8.09. The summed E-state index contributed by atoms with van der Waals surface area (Å²) >= 11 is 4.03. The lowest BCUT2D eigenvalue weighted by molar-refractivity contribution is -0.136. The first-order valence-electron chi connectivity index (χ1n) is 5.78. The molecule has 7 heteroatoms. The van der Waals surface area contributed by atoms with Gasteiger partial charge >= 0.3 is 0 Å². The molecule has 6 nitrogen and oxygen atoms in total. The Morgan fingerprint density at radius 2 is 2.35 bits per heavy atom. The molecule has 96 valence electrons. The molecule has 0 aromatic carbocycles. The van der Waals surface area contributed by atoms with Crippen molar-refractivity contribution in [1.82, 2.24) is 15.5 Å². The maximum absolute atomic E-state index is 12.0. The van der Waals surface area contributed by atoms with Crippen molar-refractivity contribution >= 4 is 24.4 Å². The van der Waals surface area contributed by atoms with Crippen molar-refractivity contribution < 1.29 is 9.59 Å². The van der Waals surface area contributed by atoms with Crippen LogP contribution in [0.25, 0.3) is 0 Å². The lowest BCUT2D eigenvalue weighted by atomic mass is 9.94. The molecule has 2 rings (SSSR count). The number of nitrogens with one attached hydrogen (secondary N) is 2. The summed E-state index contributed by atoms with van der Waals surface area (Å²) in [5, 5.41) is 6.02. The smallest absolute Gasteiger partial charge is 0.242 e. The minimum absolute atomic E-state index is 0.0190. The van der Waals surface area contributed by atoms with Crippen molar-refractivity contribution in [2.75, 3.05) is 31.9 Å². The van der Waals surface area contributed by atoms with Crippen LogP contribution in [0.2, 0.25) is 0 Å². The average molecular weight is 258 g/mol. The Hall–Kier alpha value is -0.790. The minimum atomic E-state index is -0.607. The fourth-order valence-corrected chi connectivity index (χ4v) is 2.54. The molecular formula is C10H18N4O2S. The van der Waals surface area contributed by atoms with Gasteiger partial charge in [-0.3, -0.25) is 9.59 Å². The number of amides is 2. The highest BCUT2D eigenvalue weighted by Gasteiger charge is 2.46. The standard InChI is InChI=1S/C10H18N4O2S/c11-7(5-17)8(15)14-4-3-13-10(6-14)1-2-12-9(10)16/h7,13,17H,1-6,11H2,(H,12,16)/t7-,10?/m0/s1. The van der Waals surface area contributed by atoms with Gasteiger partial charge in [-0.2, -0.15) is 12.6 Å². The van der Waals surface area contributed by atoms with Gasteiger partial charge in [0.15, 0.2) is 0 Å². The first kappa shape index (κ1) is 12.7. The lowest BCUT2D eigenvalue weighted by Crippen LogP contribution is -2.66. The third-order valence-electron chi connectivity index (χ3n) is 3.40. The summed E-state index contributed by atoms with van der Waals surface area (Å²) in [4.78, 5) is 25.4. The minimum Gasteiger partial charge on any atom is -0.354 e. The number of thiol groups is 1. The van der Waals surface area contributed by atoms with Gasteiger partial charge in [0.05, 0.1) is 6.04 Å². The zero-order valence-electron chi connectivity index (χ0n) is 9.61. The van der Waals surface area contributed by atoms with Gasteiger partial charge in [-0.25, -0.2) is 0 Å². The molecule has 2 atom stereocenters. The van der Waals surface area contributed by atoms with Crippen LogP contribution in [0.4, 0.5) is 0 Å². The quantitative estimate of drug-likeness (QED) is 0.429. The number of piperazine rings is 1. The van der Waals surface area contributed by atoms with Gasteiger partial charge in [0, 0.05) is 31.9 Å². The van der Waals surface area contributed by atoms with Crippen LogP contribution in [0.15, 0.2) is 0 Å². The highest BCUT2D eigenvalue weighted by atomic mass is 32.1. The molecule has 0 radical (unpaired) electrons. The van der Waals surface area contributed by atoms with E-state index in [9.17, 15) is 9.59 Å². The van der Waals surface area contributed by atoms with Crippen molar-refractivity contribution in [1.29, 1.82) is 0 Å². The largest absolute Gasteiger partial charge is 0.354 e. The van der Waals surface area contributed by atoms with Crippen LogP contribution in [-0.4, -0.2) is 60.2 Å². The predicted molar refractivity (Wildman–Crippen MR) is 66.8 cm³/mol. The predicted octanol–water partition coefficient (Wildman–Crippen LogP) is -2.07. The molecule has 17 heavy (non-hydrogen) atoms. The molecule has 1 spiro atoms. The van der Waals surface area contributed by atoms with E-state index in [1.165, 1.54) is 0 Å². The van der Waals surface area contributed by atoms with Crippen LogP contribution in [-0.2, 0) is 9.59 Å². The monoisotopic (exact) mass is 258 g/mol. The number of nitrogens with two attached hydrogens (primary N) is 1. The lowest BCUT2D eigenvalue weighted by Gasteiger charge is -2.40. The normalized spacial score (nSPS) is 30.5. The number of nitrogens with zero attached hydrogens (tertiary/aromatic N) is 1. The fourth-order valence-electron chi connectivity index (χ4n) is 2.38. The summed E-state index contributed by atoms with van der Waals surface area (Å²) < 4.78 is 0. The summed E-state index contributed by atoms with van der Waals surface area (Å²) in [5.74, 6) is 0.178.